The van der Waals surface area contributed by atoms with Gasteiger partial charge in [-0.25, -0.2) is 4.79 Å². The standard InChI is InChI=1S/C27H29NO4S/c1-27(21-10-4-2-5-11-21,22-12-6-3-7-13-22)33(31)19-18-28-17-9-14-23-24(28)15-8-16-25(23)32-20-26(29)30/h2-8,10-13,15-16H,9,14,17-20H2,1H3,(H,29,30). The van der Waals surface area contributed by atoms with Crippen LogP contribution >= 0.6 is 0 Å². The molecule has 3 aromatic rings. The molecular weight excluding hydrogens is 434 g/mol. The van der Waals surface area contributed by atoms with Gasteiger partial charge in [0.1, 0.15) is 11.5 Å². The Bertz CT molecular complexity index is 1030. The molecule has 0 amide bonds. The first-order chi connectivity index (χ1) is 16.0. The molecule has 1 heterocycles. The molecule has 1 aliphatic heterocycles. The van der Waals surface area contributed by atoms with E-state index in [1.807, 2.05) is 78.9 Å². The molecule has 1 N–H and O–H groups in total. The van der Waals surface area contributed by atoms with Crippen LogP contribution in [0.3, 0.4) is 0 Å². The van der Waals surface area contributed by atoms with Gasteiger partial charge < -0.3 is 19.3 Å². The van der Waals surface area contributed by atoms with Crippen LogP contribution in [0.25, 0.3) is 0 Å². The van der Waals surface area contributed by atoms with Gasteiger partial charge in [-0.2, -0.15) is 0 Å². The Morgan fingerprint density at radius 2 is 1.67 bits per heavy atom. The number of hydrogen-bond donors (Lipinski definition) is 1. The maximum Gasteiger partial charge on any atom is 0.341 e. The van der Waals surface area contributed by atoms with Crippen LogP contribution in [0.4, 0.5) is 5.69 Å². The number of hydrogen-bond acceptors (Lipinski definition) is 4. The zero-order valence-corrected chi connectivity index (χ0v) is 19.6. The van der Waals surface area contributed by atoms with Crippen molar-refractivity contribution in [2.45, 2.75) is 24.5 Å². The van der Waals surface area contributed by atoms with E-state index in [0.717, 1.165) is 41.8 Å². The maximum absolute atomic E-state index is 13.9. The normalized spacial score (nSPS) is 14.4. The van der Waals surface area contributed by atoms with E-state index in [-0.39, 0.29) is 6.61 Å². The lowest BCUT2D eigenvalue weighted by Gasteiger charge is -2.36. The molecule has 4 rings (SSSR count). The molecule has 1 aliphatic rings. The third-order valence-electron chi connectivity index (χ3n) is 6.31. The highest BCUT2D eigenvalue weighted by atomic mass is 32.2. The number of carbonyl (C=O) groups is 1. The van der Waals surface area contributed by atoms with Crippen LogP contribution in [0.1, 0.15) is 30.0 Å². The van der Waals surface area contributed by atoms with E-state index in [1.54, 1.807) is 0 Å². The van der Waals surface area contributed by atoms with Crippen LogP contribution in [0.5, 0.6) is 5.75 Å². The lowest BCUT2D eigenvalue weighted by atomic mass is 9.92. The van der Waals surface area contributed by atoms with E-state index in [4.69, 9.17) is 9.84 Å². The van der Waals surface area contributed by atoms with Crippen molar-refractivity contribution >= 4 is 22.8 Å². The van der Waals surface area contributed by atoms with E-state index < -0.39 is 21.9 Å². The predicted molar refractivity (Wildman–Crippen MR) is 132 cm³/mol. The zero-order valence-electron chi connectivity index (χ0n) is 18.8. The zero-order chi connectivity index (χ0) is 23.3. The van der Waals surface area contributed by atoms with Gasteiger partial charge in [-0.3, -0.25) is 0 Å². The average Bonchev–Trinajstić information content (AvgIpc) is 2.86. The van der Waals surface area contributed by atoms with Crippen molar-refractivity contribution in [3.8, 4) is 5.75 Å². The summed E-state index contributed by atoms with van der Waals surface area (Å²) in [4.78, 5) is 13.2. The van der Waals surface area contributed by atoms with E-state index in [1.165, 1.54) is 0 Å². The molecule has 3 aromatic carbocycles. The summed E-state index contributed by atoms with van der Waals surface area (Å²) in [5, 5.41) is 8.97. The van der Waals surface area contributed by atoms with Gasteiger partial charge in [0.2, 0.25) is 0 Å². The van der Waals surface area contributed by atoms with Crippen LogP contribution in [-0.4, -0.2) is 41.1 Å². The second-order valence-corrected chi connectivity index (χ2v) is 10.3. The van der Waals surface area contributed by atoms with Crippen molar-refractivity contribution in [1.29, 1.82) is 0 Å². The first-order valence-corrected chi connectivity index (χ1v) is 12.5. The summed E-state index contributed by atoms with van der Waals surface area (Å²) in [6.07, 6.45) is 1.79. The molecule has 0 aliphatic carbocycles. The first-order valence-electron chi connectivity index (χ1n) is 11.2. The van der Waals surface area contributed by atoms with E-state index in [0.29, 0.717) is 18.0 Å². The lowest BCUT2D eigenvalue weighted by molar-refractivity contribution is -0.139. The van der Waals surface area contributed by atoms with Crippen molar-refractivity contribution < 1.29 is 19.2 Å². The number of ether oxygens (including phenoxy) is 1. The summed E-state index contributed by atoms with van der Waals surface area (Å²) < 4.78 is 18.8. The minimum absolute atomic E-state index is 0.354. The number of aliphatic carboxylic acids is 1. The Balaban J connectivity index is 1.55. The molecule has 0 bridgehead atoms. The second kappa shape index (κ2) is 10.3. The molecule has 0 spiro atoms. The van der Waals surface area contributed by atoms with Crippen molar-refractivity contribution in [2.75, 3.05) is 30.3 Å². The van der Waals surface area contributed by atoms with Crippen molar-refractivity contribution in [2.24, 2.45) is 0 Å². The fourth-order valence-corrected chi connectivity index (χ4v) is 6.11. The minimum atomic E-state index is -1.17. The first kappa shape index (κ1) is 23.2. The van der Waals surface area contributed by atoms with Gasteiger partial charge in [0.15, 0.2) is 11.4 Å². The van der Waals surface area contributed by atoms with Crippen molar-refractivity contribution in [1.82, 2.24) is 0 Å². The number of rotatable bonds is 9. The maximum atomic E-state index is 13.9. The Labute approximate surface area is 198 Å². The summed E-state index contributed by atoms with van der Waals surface area (Å²) in [7, 11) is 0. The SMILES string of the molecule is CC(c1ccccc1)(c1ccccc1)[S+]([O-])CCN1CCCc2c(OCC(=O)O)cccc21. The van der Waals surface area contributed by atoms with Crippen LogP contribution in [-0.2, 0) is 27.1 Å². The Morgan fingerprint density at radius 1 is 1.03 bits per heavy atom. The van der Waals surface area contributed by atoms with E-state index in [9.17, 15) is 9.35 Å². The molecule has 0 radical (unpaired) electrons. The number of benzene rings is 3. The number of anilines is 1. The summed E-state index contributed by atoms with van der Waals surface area (Å²) in [5.74, 6) is 0.149. The number of carboxylic acids is 1. The van der Waals surface area contributed by atoms with Crippen molar-refractivity contribution in [3.63, 3.8) is 0 Å². The third kappa shape index (κ3) is 5.02. The number of fused-ring (bicyclic) bond motifs is 1. The molecule has 172 valence electrons. The molecule has 1 unspecified atom stereocenters. The quantitative estimate of drug-likeness (QED) is 0.469. The second-order valence-electron chi connectivity index (χ2n) is 8.34. The van der Waals surface area contributed by atoms with E-state index >= 15 is 0 Å². The van der Waals surface area contributed by atoms with Crippen LogP contribution < -0.4 is 9.64 Å². The van der Waals surface area contributed by atoms with Crippen LogP contribution in [0, 0.1) is 0 Å². The lowest BCUT2D eigenvalue weighted by Crippen LogP contribution is -2.41. The smallest absolute Gasteiger partial charge is 0.341 e. The minimum Gasteiger partial charge on any atom is -0.615 e. The molecule has 0 saturated heterocycles. The predicted octanol–water partition coefficient (Wildman–Crippen LogP) is 4.62. The molecule has 33 heavy (non-hydrogen) atoms. The number of carboxylic acid groups (broad SMARTS) is 1. The number of nitrogens with zero attached hydrogens (tertiary/aromatic N) is 1. The molecule has 5 nitrogen and oxygen atoms in total. The highest BCUT2D eigenvalue weighted by Crippen LogP contribution is 2.39. The Hall–Kier alpha value is -2.96. The topological polar surface area (TPSA) is 72.8 Å². The summed E-state index contributed by atoms with van der Waals surface area (Å²) >= 11 is -1.17. The molecular formula is C27H29NO4S. The summed E-state index contributed by atoms with van der Waals surface area (Å²) in [6.45, 7) is 3.24. The molecule has 0 fully saturated rings. The molecule has 1 atom stereocenters. The van der Waals surface area contributed by atoms with E-state index in [2.05, 4.69) is 11.8 Å². The molecule has 0 saturated carbocycles. The van der Waals surface area contributed by atoms with Gasteiger partial charge in [0.25, 0.3) is 0 Å². The highest BCUT2D eigenvalue weighted by Gasteiger charge is 2.41. The molecule has 0 aromatic heterocycles. The third-order valence-corrected chi connectivity index (χ3v) is 8.24. The highest BCUT2D eigenvalue weighted by molar-refractivity contribution is 7.92. The van der Waals surface area contributed by atoms with Crippen LogP contribution in [0.2, 0.25) is 0 Å². The van der Waals surface area contributed by atoms with Gasteiger partial charge in [0, 0.05) is 28.9 Å². The van der Waals surface area contributed by atoms with Crippen molar-refractivity contribution in [3.05, 3.63) is 95.6 Å². The Morgan fingerprint density at radius 3 is 2.27 bits per heavy atom. The van der Waals surface area contributed by atoms with Gasteiger partial charge >= 0.3 is 5.97 Å². The Kier molecular flexibility index (Phi) is 7.26. The fraction of sp³-hybridized carbons (Fsp3) is 0.296. The summed E-state index contributed by atoms with van der Waals surface area (Å²) in [5.41, 5.74) is 4.16. The van der Waals surface area contributed by atoms with Gasteiger partial charge in [-0.05, 0) is 43.1 Å². The average molecular weight is 464 g/mol. The monoisotopic (exact) mass is 463 g/mol. The van der Waals surface area contributed by atoms with Gasteiger partial charge in [-0.15, -0.1) is 0 Å². The largest absolute Gasteiger partial charge is 0.615 e. The summed E-state index contributed by atoms with van der Waals surface area (Å²) in [6, 6.07) is 25.9. The fourth-order valence-electron chi connectivity index (χ4n) is 4.51. The molecule has 6 heteroatoms. The van der Waals surface area contributed by atoms with Gasteiger partial charge in [0.05, 0.1) is 6.54 Å². The van der Waals surface area contributed by atoms with Gasteiger partial charge in [-0.1, -0.05) is 66.7 Å². The van der Waals surface area contributed by atoms with Crippen LogP contribution in [0.15, 0.2) is 78.9 Å².